The Morgan fingerprint density at radius 1 is 1.25 bits per heavy atom. The standard InChI is InChI=1S/C21H32N2O4S/c1-4-26-20(25)18-15-13-21(2,3)27-14-16(15)28-19(18)22-17(24)9-8-12-23-10-6-5-7-11-23/h4-14H2,1-3H3,(H,22,24). The van der Waals surface area contributed by atoms with Gasteiger partial charge in [-0.05, 0) is 65.2 Å². The molecule has 6 nitrogen and oxygen atoms in total. The van der Waals surface area contributed by atoms with Gasteiger partial charge in [0.1, 0.15) is 5.00 Å². The van der Waals surface area contributed by atoms with E-state index in [9.17, 15) is 9.59 Å². The Morgan fingerprint density at radius 2 is 2.00 bits per heavy atom. The fourth-order valence-corrected chi connectivity index (χ4v) is 5.03. The van der Waals surface area contributed by atoms with Crippen molar-refractivity contribution >= 4 is 28.2 Å². The molecule has 28 heavy (non-hydrogen) atoms. The minimum absolute atomic E-state index is 0.0404. The van der Waals surface area contributed by atoms with Gasteiger partial charge < -0.3 is 19.7 Å². The summed E-state index contributed by atoms with van der Waals surface area (Å²) < 4.78 is 11.1. The molecule has 3 rings (SSSR count). The van der Waals surface area contributed by atoms with Gasteiger partial charge in [0, 0.05) is 17.7 Å². The molecule has 3 heterocycles. The second kappa shape index (κ2) is 9.37. The van der Waals surface area contributed by atoms with Crippen LogP contribution >= 0.6 is 11.3 Å². The van der Waals surface area contributed by atoms with Gasteiger partial charge in [0.15, 0.2) is 0 Å². The van der Waals surface area contributed by atoms with Crippen molar-refractivity contribution in [1.82, 2.24) is 4.90 Å². The zero-order valence-electron chi connectivity index (χ0n) is 17.3. The van der Waals surface area contributed by atoms with Crippen LogP contribution in [0.5, 0.6) is 0 Å². The van der Waals surface area contributed by atoms with E-state index in [2.05, 4.69) is 10.2 Å². The smallest absolute Gasteiger partial charge is 0.341 e. The number of rotatable bonds is 7. The number of nitrogens with one attached hydrogen (secondary N) is 1. The molecule has 1 saturated heterocycles. The summed E-state index contributed by atoms with van der Waals surface area (Å²) >= 11 is 1.44. The summed E-state index contributed by atoms with van der Waals surface area (Å²) in [5, 5.41) is 3.58. The number of hydrogen-bond donors (Lipinski definition) is 1. The Morgan fingerprint density at radius 3 is 2.71 bits per heavy atom. The zero-order chi connectivity index (χ0) is 20.1. The largest absolute Gasteiger partial charge is 0.462 e. The Bertz CT molecular complexity index is 708. The highest BCUT2D eigenvalue weighted by atomic mass is 32.1. The molecule has 0 bridgehead atoms. The van der Waals surface area contributed by atoms with Crippen molar-refractivity contribution in [3.8, 4) is 0 Å². The van der Waals surface area contributed by atoms with Gasteiger partial charge in [0.05, 0.1) is 24.4 Å². The Kier molecular flexibility index (Phi) is 7.12. The van der Waals surface area contributed by atoms with E-state index in [1.54, 1.807) is 6.92 Å². The first-order valence-corrected chi connectivity index (χ1v) is 11.2. The van der Waals surface area contributed by atoms with E-state index in [1.165, 1.54) is 30.6 Å². The van der Waals surface area contributed by atoms with Crippen molar-refractivity contribution in [2.24, 2.45) is 0 Å². The SMILES string of the molecule is CCOC(=O)c1c(NC(=O)CCCN2CCCCC2)sc2c1CC(C)(C)OC2. The first-order valence-electron chi connectivity index (χ1n) is 10.4. The number of anilines is 1. The predicted molar refractivity (Wildman–Crippen MR) is 111 cm³/mol. The molecule has 156 valence electrons. The van der Waals surface area contributed by atoms with E-state index < -0.39 is 0 Å². The quantitative estimate of drug-likeness (QED) is 0.691. The Balaban J connectivity index is 1.66. The second-order valence-electron chi connectivity index (χ2n) is 8.21. The first kappa shape index (κ1) is 21.3. The molecule has 0 unspecified atom stereocenters. The summed E-state index contributed by atoms with van der Waals surface area (Å²) in [6, 6.07) is 0. The third kappa shape index (κ3) is 5.33. The lowest BCUT2D eigenvalue weighted by Gasteiger charge is -2.30. The third-order valence-corrected chi connectivity index (χ3v) is 6.47. The minimum Gasteiger partial charge on any atom is -0.462 e. The van der Waals surface area contributed by atoms with Gasteiger partial charge in [-0.1, -0.05) is 6.42 Å². The van der Waals surface area contributed by atoms with Crippen LogP contribution in [-0.4, -0.2) is 48.6 Å². The van der Waals surface area contributed by atoms with Crippen molar-refractivity contribution in [1.29, 1.82) is 0 Å². The number of ether oxygens (including phenoxy) is 2. The van der Waals surface area contributed by atoms with E-state index in [1.807, 2.05) is 13.8 Å². The minimum atomic E-state index is -0.360. The highest BCUT2D eigenvalue weighted by molar-refractivity contribution is 7.17. The highest BCUT2D eigenvalue weighted by Gasteiger charge is 2.34. The monoisotopic (exact) mass is 408 g/mol. The van der Waals surface area contributed by atoms with Crippen LogP contribution in [0.25, 0.3) is 0 Å². The molecule has 7 heteroatoms. The van der Waals surface area contributed by atoms with Crippen molar-refractivity contribution in [3.63, 3.8) is 0 Å². The number of esters is 1. The number of likely N-dealkylation sites (tertiary alicyclic amines) is 1. The van der Waals surface area contributed by atoms with Crippen LogP contribution in [0, 0.1) is 0 Å². The molecule has 0 aromatic carbocycles. The van der Waals surface area contributed by atoms with E-state index in [-0.39, 0.29) is 17.5 Å². The summed E-state index contributed by atoms with van der Waals surface area (Å²) in [6.45, 7) is 9.84. The van der Waals surface area contributed by atoms with Crippen LogP contribution in [0.4, 0.5) is 5.00 Å². The maximum absolute atomic E-state index is 12.6. The number of carbonyl (C=O) groups is 2. The Labute approximate surface area is 171 Å². The van der Waals surface area contributed by atoms with Crippen LogP contribution in [0.3, 0.4) is 0 Å². The summed E-state index contributed by atoms with van der Waals surface area (Å²) in [5.74, 6) is -0.400. The van der Waals surface area contributed by atoms with Gasteiger partial charge in [-0.2, -0.15) is 0 Å². The van der Waals surface area contributed by atoms with Crippen LogP contribution in [0.1, 0.15) is 73.7 Å². The average molecular weight is 409 g/mol. The number of piperidine rings is 1. The number of carbonyl (C=O) groups excluding carboxylic acids is 2. The van der Waals surface area contributed by atoms with E-state index >= 15 is 0 Å². The molecule has 0 spiro atoms. The van der Waals surface area contributed by atoms with Crippen molar-refractivity contribution in [3.05, 3.63) is 16.0 Å². The molecule has 2 aliphatic heterocycles. The number of amides is 1. The number of nitrogens with zero attached hydrogens (tertiary/aromatic N) is 1. The maximum Gasteiger partial charge on any atom is 0.341 e. The van der Waals surface area contributed by atoms with Crippen molar-refractivity contribution < 1.29 is 19.1 Å². The number of hydrogen-bond acceptors (Lipinski definition) is 6. The van der Waals surface area contributed by atoms with Crippen molar-refractivity contribution in [2.75, 3.05) is 31.6 Å². The molecule has 0 saturated carbocycles. The molecule has 1 aromatic heterocycles. The second-order valence-corrected chi connectivity index (χ2v) is 9.31. The fraction of sp³-hybridized carbons (Fsp3) is 0.714. The lowest BCUT2D eigenvalue weighted by atomic mass is 9.93. The predicted octanol–water partition coefficient (Wildman–Crippen LogP) is 3.98. The first-order chi connectivity index (χ1) is 13.4. The van der Waals surface area contributed by atoms with Crippen LogP contribution in [0.15, 0.2) is 0 Å². The zero-order valence-corrected chi connectivity index (χ0v) is 18.1. The molecule has 0 radical (unpaired) electrons. The average Bonchev–Trinajstić information content (AvgIpc) is 2.98. The third-order valence-electron chi connectivity index (χ3n) is 5.35. The van der Waals surface area contributed by atoms with Gasteiger partial charge in [-0.15, -0.1) is 11.3 Å². The topological polar surface area (TPSA) is 67.9 Å². The summed E-state index contributed by atoms with van der Waals surface area (Å²) in [6.07, 6.45) is 5.77. The van der Waals surface area contributed by atoms with Gasteiger partial charge >= 0.3 is 5.97 Å². The Hall–Kier alpha value is -1.44. The maximum atomic E-state index is 12.6. The van der Waals surface area contributed by atoms with Gasteiger partial charge in [0.2, 0.25) is 5.91 Å². The summed E-state index contributed by atoms with van der Waals surface area (Å²) in [5.41, 5.74) is 1.15. The van der Waals surface area contributed by atoms with Crippen molar-refractivity contribution in [2.45, 2.75) is 71.5 Å². The molecule has 1 fully saturated rings. The van der Waals surface area contributed by atoms with Crippen LogP contribution in [-0.2, 0) is 27.3 Å². The molecule has 0 aliphatic carbocycles. The molecule has 2 aliphatic rings. The molecule has 1 N–H and O–H groups in total. The van der Waals surface area contributed by atoms with E-state index in [0.717, 1.165) is 36.5 Å². The number of thiophene rings is 1. The van der Waals surface area contributed by atoms with Crippen LogP contribution < -0.4 is 5.32 Å². The van der Waals surface area contributed by atoms with Crippen LogP contribution in [0.2, 0.25) is 0 Å². The molecule has 1 amide bonds. The van der Waals surface area contributed by atoms with Gasteiger partial charge in [-0.3, -0.25) is 4.79 Å². The summed E-state index contributed by atoms with van der Waals surface area (Å²) in [7, 11) is 0. The van der Waals surface area contributed by atoms with E-state index in [4.69, 9.17) is 9.47 Å². The number of fused-ring (bicyclic) bond motifs is 1. The highest BCUT2D eigenvalue weighted by Crippen LogP contribution is 2.40. The molecular formula is C21H32N2O4S. The fourth-order valence-electron chi connectivity index (χ4n) is 3.90. The van der Waals surface area contributed by atoms with E-state index in [0.29, 0.717) is 36.6 Å². The van der Waals surface area contributed by atoms with Gasteiger partial charge in [0.25, 0.3) is 0 Å². The van der Waals surface area contributed by atoms with Gasteiger partial charge in [-0.25, -0.2) is 4.79 Å². The molecule has 1 aromatic rings. The molecular weight excluding hydrogens is 376 g/mol. The summed E-state index contributed by atoms with van der Waals surface area (Å²) in [4.78, 5) is 28.6. The lowest BCUT2D eigenvalue weighted by Crippen LogP contribution is -2.32. The normalized spacial score (nSPS) is 19.1. The molecule has 0 atom stereocenters. The lowest BCUT2D eigenvalue weighted by molar-refractivity contribution is -0.116.